The summed E-state index contributed by atoms with van der Waals surface area (Å²) in [6.07, 6.45) is 0. The van der Waals surface area contributed by atoms with E-state index in [1.807, 2.05) is 0 Å². The maximum atomic E-state index is 12.5. The standard InChI is InChI=1S/C21H24BrN3O5S/c1-28-10-9-23-19(26)14-3-6-16(7-4-14)24-21(31)25-20(27)15-5-8-18(17(22)13-15)30-12-11-29-2/h3-8,13H,9-12H2,1-2H3,(H,23,26)(H2,24,25,27,31). The quantitative estimate of drug-likeness (QED) is 0.334. The van der Waals surface area contributed by atoms with E-state index < -0.39 is 0 Å². The number of anilines is 1. The molecule has 2 aromatic carbocycles. The predicted octanol–water partition coefficient (Wildman–Crippen LogP) is 2.98. The average molecular weight is 510 g/mol. The van der Waals surface area contributed by atoms with Crippen molar-refractivity contribution in [2.75, 3.05) is 45.9 Å². The van der Waals surface area contributed by atoms with Crippen molar-refractivity contribution in [2.45, 2.75) is 0 Å². The zero-order valence-corrected chi connectivity index (χ0v) is 19.6. The van der Waals surface area contributed by atoms with Gasteiger partial charge in [0, 0.05) is 37.6 Å². The Labute approximate surface area is 194 Å². The fourth-order valence-corrected chi connectivity index (χ4v) is 3.11. The molecule has 0 bridgehead atoms. The molecule has 0 saturated carbocycles. The minimum Gasteiger partial charge on any atom is -0.490 e. The highest BCUT2D eigenvalue weighted by Gasteiger charge is 2.12. The number of rotatable bonds is 10. The van der Waals surface area contributed by atoms with Crippen LogP contribution < -0.4 is 20.7 Å². The second-order valence-corrected chi connectivity index (χ2v) is 7.48. The van der Waals surface area contributed by atoms with Crippen LogP contribution in [0.2, 0.25) is 0 Å². The lowest BCUT2D eigenvalue weighted by Crippen LogP contribution is -2.34. The van der Waals surface area contributed by atoms with E-state index in [1.54, 1.807) is 56.7 Å². The summed E-state index contributed by atoms with van der Waals surface area (Å²) in [6.45, 7) is 1.75. The first-order valence-corrected chi connectivity index (χ1v) is 10.6. The van der Waals surface area contributed by atoms with Gasteiger partial charge in [0.25, 0.3) is 11.8 Å². The molecule has 2 rings (SSSR count). The van der Waals surface area contributed by atoms with Crippen molar-refractivity contribution >= 4 is 50.8 Å². The highest BCUT2D eigenvalue weighted by Crippen LogP contribution is 2.26. The van der Waals surface area contributed by atoms with Gasteiger partial charge in [-0.2, -0.15) is 0 Å². The molecule has 0 heterocycles. The number of methoxy groups -OCH3 is 2. The lowest BCUT2D eigenvalue weighted by atomic mass is 10.2. The van der Waals surface area contributed by atoms with Gasteiger partial charge in [0.1, 0.15) is 12.4 Å². The first kappa shape index (κ1) is 24.7. The minimum atomic E-state index is -0.365. The zero-order valence-electron chi connectivity index (χ0n) is 17.2. The molecule has 3 N–H and O–H groups in total. The molecule has 0 radical (unpaired) electrons. The highest BCUT2D eigenvalue weighted by molar-refractivity contribution is 9.10. The fourth-order valence-electron chi connectivity index (χ4n) is 2.41. The van der Waals surface area contributed by atoms with Crippen molar-refractivity contribution < 1.29 is 23.8 Å². The molecule has 0 aliphatic rings. The van der Waals surface area contributed by atoms with Crippen molar-refractivity contribution in [1.29, 1.82) is 0 Å². The lowest BCUT2D eigenvalue weighted by molar-refractivity contribution is 0.0935. The predicted molar refractivity (Wildman–Crippen MR) is 126 cm³/mol. The summed E-state index contributed by atoms with van der Waals surface area (Å²) >= 11 is 8.60. The molecular weight excluding hydrogens is 486 g/mol. The Morgan fingerprint density at radius 3 is 2.26 bits per heavy atom. The van der Waals surface area contributed by atoms with Gasteiger partial charge < -0.3 is 24.8 Å². The molecule has 0 unspecified atom stereocenters. The molecule has 10 heteroatoms. The molecule has 0 atom stereocenters. The van der Waals surface area contributed by atoms with E-state index in [9.17, 15) is 9.59 Å². The number of thiocarbonyl (C=S) groups is 1. The van der Waals surface area contributed by atoms with Crippen molar-refractivity contribution in [3.05, 3.63) is 58.1 Å². The van der Waals surface area contributed by atoms with Crippen LogP contribution in [0.15, 0.2) is 46.9 Å². The minimum absolute atomic E-state index is 0.138. The van der Waals surface area contributed by atoms with Crippen LogP contribution in [0.25, 0.3) is 0 Å². The summed E-state index contributed by atoms with van der Waals surface area (Å²) in [4.78, 5) is 24.4. The number of benzene rings is 2. The van der Waals surface area contributed by atoms with Gasteiger partial charge in [-0.15, -0.1) is 0 Å². The molecule has 0 aliphatic heterocycles. The molecule has 2 aromatic rings. The van der Waals surface area contributed by atoms with Crippen LogP contribution >= 0.6 is 28.1 Å². The summed E-state index contributed by atoms with van der Waals surface area (Å²) in [6, 6.07) is 11.7. The third-order valence-electron chi connectivity index (χ3n) is 3.96. The maximum Gasteiger partial charge on any atom is 0.257 e. The van der Waals surface area contributed by atoms with E-state index in [-0.39, 0.29) is 16.9 Å². The van der Waals surface area contributed by atoms with Crippen LogP contribution in [0.4, 0.5) is 5.69 Å². The van der Waals surface area contributed by atoms with E-state index in [0.717, 1.165) is 0 Å². The number of nitrogens with one attached hydrogen (secondary N) is 3. The molecular formula is C21H24BrN3O5S. The summed E-state index contributed by atoms with van der Waals surface area (Å²) in [5.74, 6) is 0.0520. The van der Waals surface area contributed by atoms with E-state index in [1.165, 1.54) is 0 Å². The van der Waals surface area contributed by atoms with Crippen molar-refractivity contribution in [3.63, 3.8) is 0 Å². The van der Waals surface area contributed by atoms with Crippen molar-refractivity contribution in [3.8, 4) is 5.75 Å². The molecule has 0 aliphatic carbocycles. The largest absolute Gasteiger partial charge is 0.490 e. The van der Waals surface area contributed by atoms with Gasteiger partial charge in [0.05, 0.1) is 17.7 Å². The van der Waals surface area contributed by atoms with E-state index in [0.29, 0.717) is 53.4 Å². The summed E-state index contributed by atoms with van der Waals surface area (Å²) in [5.41, 5.74) is 1.56. The number of ether oxygens (including phenoxy) is 3. The average Bonchev–Trinajstić information content (AvgIpc) is 2.75. The molecule has 166 valence electrons. The summed E-state index contributed by atoms with van der Waals surface area (Å²) in [7, 11) is 3.17. The molecule has 0 spiro atoms. The van der Waals surface area contributed by atoms with Gasteiger partial charge in [-0.25, -0.2) is 0 Å². The van der Waals surface area contributed by atoms with Gasteiger partial charge in [-0.05, 0) is 70.6 Å². The Kier molecular flexibility index (Phi) is 10.4. The molecule has 0 aromatic heterocycles. The number of halogens is 1. The van der Waals surface area contributed by atoms with Crippen LogP contribution in [0.3, 0.4) is 0 Å². The van der Waals surface area contributed by atoms with Crippen LogP contribution in [0, 0.1) is 0 Å². The second-order valence-electron chi connectivity index (χ2n) is 6.22. The van der Waals surface area contributed by atoms with Gasteiger partial charge in [0.2, 0.25) is 0 Å². The van der Waals surface area contributed by atoms with Gasteiger partial charge in [-0.3, -0.25) is 14.9 Å². The Bertz CT molecular complexity index is 908. The van der Waals surface area contributed by atoms with E-state index >= 15 is 0 Å². The molecule has 0 saturated heterocycles. The van der Waals surface area contributed by atoms with Crippen molar-refractivity contribution in [1.82, 2.24) is 10.6 Å². The van der Waals surface area contributed by atoms with Crippen LogP contribution in [0.5, 0.6) is 5.75 Å². The smallest absolute Gasteiger partial charge is 0.257 e. The normalized spacial score (nSPS) is 10.3. The fraction of sp³-hybridized carbons (Fsp3) is 0.286. The van der Waals surface area contributed by atoms with Gasteiger partial charge in [-0.1, -0.05) is 0 Å². The summed E-state index contributed by atoms with van der Waals surface area (Å²) < 4.78 is 16.0. The topological polar surface area (TPSA) is 97.9 Å². The number of carbonyl (C=O) groups is 2. The first-order valence-electron chi connectivity index (χ1n) is 9.35. The first-order chi connectivity index (χ1) is 14.9. The Balaban J connectivity index is 1.88. The Hall–Kier alpha value is -2.53. The molecule has 2 amide bonds. The molecule has 0 fully saturated rings. The van der Waals surface area contributed by atoms with E-state index in [4.69, 9.17) is 26.4 Å². The van der Waals surface area contributed by atoms with Crippen LogP contribution in [-0.4, -0.2) is 57.5 Å². The number of hydrogen-bond acceptors (Lipinski definition) is 6. The van der Waals surface area contributed by atoms with E-state index in [2.05, 4.69) is 31.9 Å². The lowest BCUT2D eigenvalue weighted by Gasteiger charge is -2.12. The van der Waals surface area contributed by atoms with Gasteiger partial charge in [0.15, 0.2) is 5.11 Å². The Morgan fingerprint density at radius 1 is 0.935 bits per heavy atom. The maximum absolute atomic E-state index is 12.5. The van der Waals surface area contributed by atoms with Crippen LogP contribution in [-0.2, 0) is 9.47 Å². The summed E-state index contributed by atoms with van der Waals surface area (Å²) in [5, 5.41) is 8.42. The van der Waals surface area contributed by atoms with Crippen molar-refractivity contribution in [2.24, 2.45) is 0 Å². The third kappa shape index (κ3) is 8.25. The molecule has 8 nitrogen and oxygen atoms in total. The van der Waals surface area contributed by atoms with Gasteiger partial charge >= 0.3 is 0 Å². The monoisotopic (exact) mass is 509 g/mol. The third-order valence-corrected chi connectivity index (χ3v) is 4.79. The SMILES string of the molecule is COCCNC(=O)c1ccc(NC(=S)NC(=O)c2ccc(OCCOC)c(Br)c2)cc1. The number of amides is 2. The second kappa shape index (κ2) is 13.0. The van der Waals surface area contributed by atoms with Crippen LogP contribution in [0.1, 0.15) is 20.7 Å². The zero-order chi connectivity index (χ0) is 22.6. The highest BCUT2D eigenvalue weighted by atomic mass is 79.9. The number of carbonyl (C=O) groups excluding carboxylic acids is 2. The Morgan fingerprint density at radius 2 is 1.61 bits per heavy atom. The number of hydrogen-bond donors (Lipinski definition) is 3. The molecule has 31 heavy (non-hydrogen) atoms.